The minimum Gasteiger partial charge on any atom is -0.454 e. The Morgan fingerprint density at radius 3 is 2.20 bits per heavy atom. The van der Waals surface area contributed by atoms with Crippen molar-refractivity contribution >= 4 is 76.8 Å². The van der Waals surface area contributed by atoms with Crippen LogP contribution in [0.2, 0.25) is 0 Å². The maximum atomic E-state index is 6.49. The summed E-state index contributed by atoms with van der Waals surface area (Å²) in [6.07, 6.45) is 0. The van der Waals surface area contributed by atoms with Crippen molar-refractivity contribution < 1.29 is 4.42 Å². The van der Waals surface area contributed by atoms with Crippen molar-refractivity contribution in [1.82, 2.24) is 13.9 Å². The topological polar surface area (TPSA) is 43.9 Å². The summed E-state index contributed by atoms with van der Waals surface area (Å²) in [7, 11) is 0. The van der Waals surface area contributed by atoms with Crippen LogP contribution in [-0.2, 0) is 0 Å². The van der Waals surface area contributed by atoms with E-state index in [9.17, 15) is 0 Å². The van der Waals surface area contributed by atoms with Gasteiger partial charge in [0.05, 0.1) is 16.7 Å². The molecule has 0 aliphatic carbocycles. The fourth-order valence-corrected chi connectivity index (χ4v) is 7.60. The van der Waals surface area contributed by atoms with E-state index in [1.54, 1.807) is 0 Å². The van der Waals surface area contributed by atoms with Gasteiger partial charge in [0.1, 0.15) is 10.6 Å². The van der Waals surface area contributed by atoms with Crippen LogP contribution in [0, 0.1) is 0 Å². The summed E-state index contributed by atoms with van der Waals surface area (Å²) in [6.45, 7) is 0. The second kappa shape index (κ2) is 9.36. The molecule has 3 aromatic heterocycles. The molecule has 5 heteroatoms. The standard InChI is InChI=1S/C40H23N3OS/c1-2-10-25-22-33-26(21-24(25)9-1)11-7-15-32(33)40-41-39(42-45-40)27-19-20-29-28-12-3-5-16-34(28)43(36(29)23-27)35-17-8-14-31-30-13-4-6-18-37(30)44-38(31)35/h1-23H. The first-order valence-corrected chi connectivity index (χ1v) is 15.8. The normalized spacial score (nSPS) is 12.0. The molecule has 4 nitrogen and oxygen atoms in total. The minimum absolute atomic E-state index is 0.730. The molecule has 0 atom stereocenters. The number of aromatic nitrogens is 3. The molecule has 0 bridgehead atoms. The van der Waals surface area contributed by atoms with Crippen LogP contribution in [0.3, 0.4) is 0 Å². The lowest BCUT2D eigenvalue weighted by Crippen LogP contribution is -1.94. The highest BCUT2D eigenvalue weighted by atomic mass is 32.1. The summed E-state index contributed by atoms with van der Waals surface area (Å²) >= 11 is 1.45. The highest BCUT2D eigenvalue weighted by molar-refractivity contribution is 7.09. The van der Waals surface area contributed by atoms with Gasteiger partial charge in [0.25, 0.3) is 0 Å². The van der Waals surface area contributed by atoms with Crippen molar-refractivity contribution in [3.05, 3.63) is 140 Å². The van der Waals surface area contributed by atoms with Crippen LogP contribution in [0.4, 0.5) is 0 Å². The van der Waals surface area contributed by atoms with Gasteiger partial charge in [-0.05, 0) is 69.5 Å². The molecule has 0 aliphatic rings. The molecule has 0 radical (unpaired) electrons. The first-order chi connectivity index (χ1) is 22.3. The zero-order chi connectivity index (χ0) is 29.5. The Hall–Kier alpha value is -5.78. The smallest absolute Gasteiger partial charge is 0.173 e. The second-order valence-corrected chi connectivity index (χ2v) is 12.2. The molecule has 0 unspecified atom stereocenters. The van der Waals surface area contributed by atoms with E-state index in [1.165, 1.54) is 43.8 Å². The van der Waals surface area contributed by atoms with E-state index >= 15 is 0 Å². The third-order valence-electron chi connectivity index (χ3n) is 8.96. The Kier molecular flexibility index (Phi) is 5.12. The molecular formula is C40H23N3OS. The van der Waals surface area contributed by atoms with Gasteiger partial charge >= 0.3 is 0 Å². The summed E-state index contributed by atoms with van der Waals surface area (Å²) in [6, 6.07) is 49.2. The van der Waals surface area contributed by atoms with Crippen LogP contribution in [0.1, 0.15) is 0 Å². The third kappa shape index (κ3) is 3.65. The van der Waals surface area contributed by atoms with Gasteiger partial charge in [-0.25, -0.2) is 4.98 Å². The summed E-state index contributed by atoms with van der Waals surface area (Å²) in [4.78, 5) is 5.10. The molecule has 0 saturated heterocycles. The van der Waals surface area contributed by atoms with Crippen LogP contribution < -0.4 is 0 Å². The van der Waals surface area contributed by atoms with Crippen molar-refractivity contribution in [3.63, 3.8) is 0 Å². The van der Waals surface area contributed by atoms with Crippen molar-refractivity contribution in [1.29, 1.82) is 0 Å². The van der Waals surface area contributed by atoms with Crippen LogP contribution in [0.15, 0.2) is 144 Å². The zero-order valence-electron chi connectivity index (χ0n) is 23.9. The van der Waals surface area contributed by atoms with Gasteiger partial charge in [-0.15, -0.1) is 0 Å². The molecule has 0 amide bonds. The van der Waals surface area contributed by atoms with E-state index in [0.29, 0.717) is 0 Å². The Balaban J connectivity index is 1.17. The van der Waals surface area contributed by atoms with Gasteiger partial charge in [-0.2, -0.15) is 4.37 Å². The quantitative estimate of drug-likeness (QED) is 0.191. The minimum atomic E-state index is 0.730. The average Bonchev–Trinajstić information content (AvgIpc) is 3.81. The van der Waals surface area contributed by atoms with Crippen molar-refractivity contribution in [2.75, 3.05) is 0 Å². The Morgan fingerprint density at radius 1 is 0.533 bits per heavy atom. The lowest BCUT2D eigenvalue weighted by molar-refractivity contribution is 0.666. The van der Waals surface area contributed by atoms with E-state index in [2.05, 4.69) is 132 Å². The molecule has 0 spiro atoms. The van der Waals surface area contributed by atoms with Crippen LogP contribution in [0.5, 0.6) is 0 Å². The molecule has 0 fully saturated rings. The summed E-state index contributed by atoms with van der Waals surface area (Å²) in [5.41, 5.74) is 7.10. The lowest BCUT2D eigenvalue weighted by atomic mass is 10.00. The molecule has 210 valence electrons. The highest BCUT2D eigenvalue weighted by Gasteiger charge is 2.19. The first kappa shape index (κ1) is 24.6. The van der Waals surface area contributed by atoms with Gasteiger partial charge in [0, 0.05) is 32.7 Å². The van der Waals surface area contributed by atoms with Crippen molar-refractivity contribution in [3.8, 4) is 27.6 Å². The fraction of sp³-hybridized carbons (Fsp3) is 0. The van der Waals surface area contributed by atoms with Crippen molar-refractivity contribution in [2.45, 2.75) is 0 Å². The number of hydrogen-bond acceptors (Lipinski definition) is 4. The Morgan fingerprint density at radius 2 is 1.27 bits per heavy atom. The van der Waals surface area contributed by atoms with Gasteiger partial charge in [-0.1, -0.05) is 103 Å². The number of para-hydroxylation sites is 3. The van der Waals surface area contributed by atoms with E-state index in [1.807, 2.05) is 12.1 Å². The largest absolute Gasteiger partial charge is 0.454 e. The molecule has 10 aromatic rings. The molecule has 0 aliphatic heterocycles. The zero-order valence-corrected chi connectivity index (χ0v) is 24.8. The predicted molar refractivity (Wildman–Crippen MR) is 187 cm³/mol. The number of hydrogen-bond donors (Lipinski definition) is 0. The molecule has 7 aromatic carbocycles. The number of rotatable bonds is 3. The van der Waals surface area contributed by atoms with Crippen LogP contribution in [-0.4, -0.2) is 13.9 Å². The summed E-state index contributed by atoms with van der Waals surface area (Å²) in [5, 5.41) is 10.4. The SMILES string of the molecule is c1ccc2cc3c(-c4nc(-c5ccc6c7ccccc7n(-c7cccc8c7oc7ccccc78)c6c5)ns4)cccc3cc2c1. The monoisotopic (exact) mass is 593 g/mol. The van der Waals surface area contributed by atoms with E-state index in [-0.39, 0.29) is 0 Å². The maximum Gasteiger partial charge on any atom is 0.173 e. The van der Waals surface area contributed by atoms with Gasteiger partial charge < -0.3 is 8.98 Å². The summed E-state index contributed by atoms with van der Waals surface area (Å²) < 4.78 is 13.7. The summed E-state index contributed by atoms with van der Waals surface area (Å²) in [5.74, 6) is 0.730. The third-order valence-corrected chi connectivity index (χ3v) is 9.71. The maximum absolute atomic E-state index is 6.49. The van der Waals surface area contributed by atoms with E-state index < -0.39 is 0 Å². The molecule has 0 N–H and O–H groups in total. The number of furan rings is 1. The first-order valence-electron chi connectivity index (χ1n) is 15.0. The lowest BCUT2D eigenvalue weighted by Gasteiger charge is -2.09. The number of benzene rings is 7. The van der Waals surface area contributed by atoms with Gasteiger partial charge in [0.15, 0.2) is 11.4 Å². The van der Waals surface area contributed by atoms with Crippen molar-refractivity contribution in [2.24, 2.45) is 0 Å². The van der Waals surface area contributed by atoms with Gasteiger partial charge in [0.2, 0.25) is 0 Å². The van der Waals surface area contributed by atoms with Gasteiger partial charge in [-0.3, -0.25) is 0 Å². The average molecular weight is 594 g/mol. The van der Waals surface area contributed by atoms with E-state index in [4.69, 9.17) is 13.8 Å². The molecule has 10 rings (SSSR count). The molecule has 45 heavy (non-hydrogen) atoms. The van der Waals surface area contributed by atoms with Crippen LogP contribution in [0.25, 0.3) is 92.9 Å². The van der Waals surface area contributed by atoms with Crippen LogP contribution >= 0.6 is 11.5 Å². The Labute approximate surface area is 261 Å². The highest BCUT2D eigenvalue weighted by Crippen LogP contribution is 2.40. The number of fused-ring (bicyclic) bond motifs is 8. The fourth-order valence-electron chi connectivity index (χ4n) is 6.88. The second-order valence-electron chi connectivity index (χ2n) is 11.5. The molecule has 0 saturated carbocycles. The molecule has 3 heterocycles. The predicted octanol–water partition coefficient (Wildman–Crippen LogP) is 11.2. The number of nitrogens with zero attached hydrogens (tertiary/aromatic N) is 3. The Bertz CT molecular complexity index is 2780. The molecular weight excluding hydrogens is 571 g/mol. The van der Waals surface area contributed by atoms with E-state index in [0.717, 1.165) is 60.6 Å².